The predicted octanol–water partition coefficient (Wildman–Crippen LogP) is 3.09. The van der Waals surface area contributed by atoms with Gasteiger partial charge in [0.2, 0.25) is 0 Å². The van der Waals surface area contributed by atoms with Gasteiger partial charge >= 0.3 is 0 Å². The largest absolute Gasteiger partial charge is 0.325 e. The quantitative estimate of drug-likeness (QED) is 0.680. The van der Waals surface area contributed by atoms with E-state index in [1.54, 1.807) is 25.4 Å². The molecule has 1 aromatic carbocycles. The molecule has 1 N–H and O–H groups in total. The number of nitrogens with zero attached hydrogens (tertiary/aromatic N) is 3. The van der Waals surface area contributed by atoms with E-state index < -0.39 is 0 Å². The lowest BCUT2D eigenvalue weighted by Gasteiger charge is -2.14. The molecule has 2 aromatic rings. The summed E-state index contributed by atoms with van der Waals surface area (Å²) >= 11 is 0. The third kappa shape index (κ3) is 2.99. The molecule has 0 radical (unpaired) electrons. The highest BCUT2D eigenvalue weighted by Gasteiger charge is 2.09. The molecule has 1 heterocycles. The molecule has 0 bridgehead atoms. The maximum atomic E-state index is 12.9. The fourth-order valence-electron chi connectivity index (χ4n) is 1.81. The zero-order valence-electron chi connectivity index (χ0n) is 11.3. The minimum absolute atomic E-state index is 0.254. The summed E-state index contributed by atoms with van der Waals surface area (Å²) in [5.41, 5.74) is 0.834. The van der Waals surface area contributed by atoms with E-state index in [9.17, 15) is 4.39 Å². The lowest BCUT2D eigenvalue weighted by Crippen LogP contribution is -2.17. The van der Waals surface area contributed by atoms with Gasteiger partial charge in [-0.2, -0.15) is 5.10 Å². The number of halogens is 1. The van der Waals surface area contributed by atoms with Gasteiger partial charge in [-0.25, -0.2) is 9.07 Å². The maximum Gasteiger partial charge on any atom is 0.133 e. The van der Waals surface area contributed by atoms with Gasteiger partial charge in [-0.1, -0.05) is 0 Å². The first-order chi connectivity index (χ1) is 9.11. The molecular formula is C14H17FN4. The van der Waals surface area contributed by atoms with E-state index in [0.717, 1.165) is 11.4 Å². The Hall–Kier alpha value is -2.17. The van der Waals surface area contributed by atoms with Crippen LogP contribution in [-0.4, -0.2) is 22.7 Å². The second-order valence-electron chi connectivity index (χ2n) is 4.46. The van der Waals surface area contributed by atoms with Crippen LogP contribution >= 0.6 is 0 Å². The Morgan fingerprint density at radius 1 is 1.26 bits per heavy atom. The molecule has 0 saturated heterocycles. The first kappa shape index (κ1) is 13.3. The molecule has 1 aromatic heterocycles. The molecular weight excluding hydrogens is 243 g/mol. The summed E-state index contributed by atoms with van der Waals surface area (Å²) in [4.78, 5) is 4.21. The Labute approximate surface area is 112 Å². The Bertz CT molecular complexity index is 569. The zero-order chi connectivity index (χ0) is 13.8. The SMILES string of the molecule is CN=C(Nc1ccnn1C(C)C)c1ccc(F)cc1. The maximum absolute atomic E-state index is 12.9. The Kier molecular flexibility index (Phi) is 3.94. The highest BCUT2D eigenvalue weighted by molar-refractivity contribution is 6.07. The first-order valence-corrected chi connectivity index (χ1v) is 6.15. The van der Waals surface area contributed by atoms with Crippen LogP contribution < -0.4 is 5.32 Å². The van der Waals surface area contributed by atoms with Crippen molar-refractivity contribution >= 4 is 11.7 Å². The van der Waals surface area contributed by atoms with Crippen LogP contribution in [0.15, 0.2) is 41.5 Å². The van der Waals surface area contributed by atoms with Crippen molar-refractivity contribution < 1.29 is 4.39 Å². The topological polar surface area (TPSA) is 42.2 Å². The van der Waals surface area contributed by atoms with Gasteiger partial charge < -0.3 is 5.32 Å². The Balaban J connectivity index is 2.25. The predicted molar refractivity (Wildman–Crippen MR) is 75.1 cm³/mol. The molecule has 0 aliphatic carbocycles. The van der Waals surface area contributed by atoms with Crippen molar-refractivity contribution in [3.8, 4) is 0 Å². The van der Waals surface area contributed by atoms with Crippen molar-refractivity contribution in [3.63, 3.8) is 0 Å². The molecule has 5 heteroatoms. The summed E-state index contributed by atoms with van der Waals surface area (Å²) in [5, 5.41) is 7.47. The van der Waals surface area contributed by atoms with E-state index in [-0.39, 0.29) is 11.9 Å². The lowest BCUT2D eigenvalue weighted by atomic mass is 10.2. The number of anilines is 1. The van der Waals surface area contributed by atoms with Gasteiger partial charge in [-0.3, -0.25) is 4.99 Å². The molecule has 0 amide bonds. The summed E-state index contributed by atoms with van der Waals surface area (Å²) in [6.45, 7) is 4.11. The Morgan fingerprint density at radius 3 is 2.53 bits per heavy atom. The smallest absolute Gasteiger partial charge is 0.133 e. The lowest BCUT2D eigenvalue weighted by molar-refractivity contribution is 0.540. The normalized spacial score (nSPS) is 11.9. The minimum atomic E-state index is -0.258. The molecule has 0 saturated carbocycles. The van der Waals surface area contributed by atoms with Crippen molar-refractivity contribution in [2.45, 2.75) is 19.9 Å². The van der Waals surface area contributed by atoms with Crippen LogP contribution in [0, 0.1) is 5.82 Å². The third-order valence-electron chi connectivity index (χ3n) is 2.75. The monoisotopic (exact) mass is 260 g/mol. The van der Waals surface area contributed by atoms with Gasteiger partial charge in [0.15, 0.2) is 0 Å². The number of aliphatic imine (C=N–C) groups is 1. The summed E-state index contributed by atoms with van der Waals surface area (Å²) in [6.07, 6.45) is 1.74. The third-order valence-corrected chi connectivity index (χ3v) is 2.75. The van der Waals surface area contributed by atoms with E-state index in [1.807, 2.05) is 10.7 Å². The Morgan fingerprint density at radius 2 is 1.95 bits per heavy atom. The van der Waals surface area contributed by atoms with Crippen molar-refractivity contribution in [2.75, 3.05) is 12.4 Å². The fraction of sp³-hybridized carbons (Fsp3) is 0.286. The molecule has 4 nitrogen and oxygen atoms in total. The average molecular weight is 260 g/mol. The second kappa shape index (κ2) is 5.65. The number of hydrogen-bond donors (Lipinski definition) is 1. The average Bonchev–Trinajstić information content (AvgIpc) is 2.85. The molecule has 2 rings (SSSR count). The van der Waals surface area contributed by atoms with Crippen LogP contribution in [0.1, 0.15) is 25.5 Å². The number of rotatable bonds is 3. The number of nitrogens with one attached hydrogen (secondary N) is 1. The van der Waals surface area contributed by atoms with Crippen LogP contribution in [0.2, 0.25) is 0 Å². The van der Waals surface area contributed by atoms with Crippen molar-refractivity contribution in [2.24, 2.45) is 4.99 Å². The molecule has 100 valence electrons. The molecule has 19 heavy (non-hydrogen) atoms. The van der Waals surface area contributed by atoms with Crippen LogP contribution in [0.4, 0.5) is 10.2 Å². The number of aromatic nitrogens is 2. The van der Waals surface area contributed by atoms with Gasteiger partial charge in [0.1, 0.15) is 17.5 Å². The van der Waals surface area contributed by atoms with Crippen LogP contribution in [0.3, 0.4) is 0 Å². The van der Waals surface area contributed by atoms with Gasteiger partial charge in [-0.15, -0.1) is 0 Å². The van der Waals surface area contributed by atoms with Gasteiger partial charge in [0, 0.05) is 24.7 Å². The van der Waals surface area contributed by atoms with E-state index in [1.165, 1.54) is 12.1 Å². The van der Waals surface area contributed by atoms with E-state index >= 15 is 0 Å². The molecule has 0 aliphatic rings. The van der Waals surface area contributed by atoms with E-state index in [2.05, 4.69) is 29.3 Å². The number of benzene rings is 1. The molecule has 0 unspecified atom stereocenters. The molecule has 0 fully saturated rings. The van der Waals surface area contributed by atoms with Gasteiger partial charge in [0.05, 0.1) is 6.20 Å². The van der Waals surface area contributed by atoms with Gasteiger partial charge in [0.25, 0.3) is 0 Å². The minimum Gasteiger partial charge on any atom is -0.325 e. The molecule has 0 spiro atoms. The summed E-state index contributed by atoms with van der Waals surface area (Å²) in [5.74, 6) is 1.29. The van der Waals surface area contributed by atoms with Crippen molar-refractivity contribution in [1.29, 1.82) is 0 Å². The second-order valence-corrected chi connectivity index (χ2v) is 4.46. The van der Waals surface area contributed by atoms with Crippen molar-refractivity contribution in [3.05, 3.63) is 47.9 Å². The highest BCUT2D eigenvalue weighted by Crippen LogP contribution is 2.15. The fourth-order valence-corrected chi connectivity index (χ4v) is 1.81. The van der Waals surface area contributed by atoms with E-state index in [4.69, 9.17) is 0 Å². The molecule has 0 atom stereocenters. The molecule has 0 aliphatic heterocycles. The van der Waals surface area contributed by atoms with E-state index in [0.29, 0.717) is 5.84 Å². The first-order valence-electron chi connectivity index (χ1n) is 6.15. The number of hydrogen-bond acceptors (Lipinski definition) is 2. The number of amidine groups is 1. The summed E-state index contributed by atoms with van der Waals surface area (Å²) in [6, 6.07) is 8.36. The van der Waals surface area contributed by atoms with Gasteiger partial charge in [-0.05, 0) is 38.1 Å². The summed E-state index contributed by atoms with van der Waals surface area (Å²) < 4.78 is 14.8. The summed E-state index contributed by atoms with van der Waals surface area (Å²) in [7, 11) is 1.70. The highest BCUT2D eigenvalue weighted by atomic mass is 19.1. The van der Waals surface area contributed by atoms with Crippen LogP contribution in [0.5, 0.6) is 0 Å². The van der Waals surface area contributed by atoms with Crippen LogP contribution in [-0.2, 0) is 0 Å². The van der Waals surface area contributed by atoms with Crippen LogP contribution in [0.25, 0.3) is 0 Å². The van der Waals surface area contributed by atoms with Crippen molar-refractivity contribution in [1.82, 2.24) is 9.78 Å². The standard InChI is InChI=1S/C14H17FN4/c1-10(2)19-13(8-9-17-19)18-14(16-3)11-4-6-12(15)7-5-11/h4-10H,1-3H3,(H,16,18). The zero-order valence-corrected chi connectivity index (χ0v) is 11.3.